The fraction of sp³-hybridized carbons (Fsp3) is 0.400. The number of aromatic amines is 1. The van der Waals surface area contributed by atoms with E-state index < -0.39 is 6.04 Å². The van der Waals surface area contributed by atoms with Crippen LogP contribution in [0.2, 0.25) is 5.02 Å². The Labute approximate surface area is 98.0 Å². The maximum atomic E-state index is 12.0. The number of nitrogens with zero attached hydrogens (tertiary/aromatic N) is 2. The van der Waals surface area contributed by atoms with Gasteiger partial charge < -0.3 is 15.2 Å². The Kier molecular flexibility index (Phi) is 3.13. The molecule has 1 amide bonds. The summed E-state index contributed by atoms with van der Waals surface area (Å²) in [5, 5.41) is 12.5. The average molecular weight is 239 g/mol. The second kappa shape index (κ2) is 4.56. The van der Waals surface area contributed by atoms with Crippen LogP contribution in [-0.4, -0.2) is 41.5 Å². The van der Waals surface area contributed by atoms with Gasteiger partial charge in [0.2, 0.25) is 0 Å². The van der Waals surface area contributed by atoms with Crippen molar-refractivity contribution < 1.29 is 4.79 Å². The Hall–Kier alpha value is -1.51. The zero-order valence-electron chi connectivity index (χ0n) is 8.53. The number of hydrogen-bond acceptors (Lipinski definition) is 3. The number of aromatic nitrogens is 1. The van der Waals surface area contributed by atoms with Crippen molar-refractivity contribution in [3.05, 3.63) is 23.0 Å². The molecule has 1 unspecified atom stereocenters. The number of nitrogens with one attached hydrogen (secondary N) is 2. The molecule has 1 aromatic heterocycles. The molecule has 1 aliphatic heterocycles. The summed E-state index contributed by atoms with van der Waals surface area (Å²) in [6, 6.07) is 3.26. The summed E-state index contributed by atoms with van der Waals surface area (Å²) < 4.78 is 0. The fourth-order valence-corrected chi connectivity index (χ4v) is 1.87. The van der Waals surface area contributed by atoms with Crippen molar-refractivity contribution in [2.75, 3.05) is 19.6 Å². The molecule has 1 fully saturated rings. The number of amides is 1. The van der Waals surface area contributed by atoms with Gasteiger partial charge in [0.15, 0.2) is 0 Å². The number of carbonyl (C=O) groups excluding carboxylic acids is 1. The van der Waals surface area contributed by atoms with Crippen LogP contribution in [0.3, 0.4) is 0 Å². The molecular weight excluding hydrogens is 228 g/mol. The predicted octanol–water partition coefficient (Wildman–Crippen LogP) is 0.606. The first-order chi connectivity index (χ1) is 7.72. The third-order valence-electron chi connectivity index (χ3n) is 2.53. The van der Waals surface area contributed by atoms with Gasteiger partial charge in [0, 0.05) is 25.8 Å². The van der Waals surface area contributed by atoms with Gasteiger partial charge in [-0.15, -0.1) is 0 Å². The lowest BCUT2D eigenvalue weighted by molar-refractivity contribution is 0.0682. The van der Waals surface area contributed by atoms with Crippen LogP contribution >= 0.6 is 11.6 Å². The van der Waals surface area contributed by atoms with E-state index in [1.165, 1.54) is 0 Å². The summed E-state index contributed by atoms with van der Waals surface area (Å²) in [7, 11) is 0. The number of carbonyl (C=O) groups is 1. The minimum atomic E-state index is -0.414. The largest absolute Gasteiger partial charge is 0.356 e. The predicted molar refractivity (Wildman–Crippen MR) is 59.1 cm³/mol. The van der Waals surface area contributed by atoms with Crippen LogP contribution in [-0.2, 0) is 0 Å². The van der Waals surface area contributed by atoms with Crippen molar-refractivity contribution in [2.45, 2.75) is 6.04 Å². The molecule has 5 nitrogen and oxygen atoms in total. The quantitative estimate of drug-likeness (QED) is 0.753. The SMILES string of the molecule is N#CC1CNCCN1C(=O)c1cc(Cl)c[nH]1. The van der Waals surface area contributed by atoms with Crippen LogP contribution in [0.1, 0.15) is 10.5 Å². The van der Waals surface area contributed by atoms with E-state index in [0.717, 1.165) is 0 Å². The van der Waals surface area contributed by atoms with E-state index in [4.69, 9.17) is 16.9 Å². The van der Waals surface area contributed by atoms with Crippen molar-refractivity contribution in [1.82, 2.24) is 15.2 Å². The smallest absolute Gasteiger partial charge is 0.271 e. The van der Waals surface area contributed by atoms with E-state index in [-0.39, 0.29) is 5.91 Å². The lowest BCUT2D eigenvalue weighted by atomic mass is 10.2. The third-order valence-corrected chi connectivity index (χ3v) is 2.75. The lowest BCUT2D eigenvalue weighted by Crippen LogP contribution is -2.53. The normalized spacial score (nSPS) is 20.5. The van der Waals surface area contributed by atoms with Gasteiger partial charge in [0.1, 0.15) is 11.7 Å². The monoisotopic (exact) mass is 238 g/mol. The van der Waals surface area contributed by atoms with Crippen molar-refractivity contribution >= 4 is 17.5 Å². The van der Waals surface area contributed by atoms with Crippen molar-refractivity contribution in [2.24, 2.45) is 0 Å². The van der Waals surface area contributed by atoms with Crippen LogP contribution < -0.4 is 5.32 Å². The molecule has 16 heavy (non-hydrogen) atoms. The highest BCUT2D eigenvalue weighted by molar-refractivity contribution is 6.30. The van der Waals surface area contributed by atoms with Gasteiger partial charge in [-0.05, 0) is 6.07 Å². The molecule has 2 N–H and O–H groups in total. The average Bonchev–Trinajstić information content (AvgIpc) is 2.75. The molecule has 1 aromatic rings. The zero-order chi connectivity index (χ0) is 11.5. The van der Waals surface area contributed by atoms with Gasteiger partial charge in [-0.25, -0.2) is 0 Å². The van der Waals surface area contributed by atoms with E-state index >= 15 is 0 Å². The van der Waals surface area contributed by atoms with Gasteiger partial charge in [0.25, 0.3) is 5.91 Å². The van der Waals surface area contributed by atoms with E-state index in [1.807, 2.05) is 0 Å². The maximum Gasteiger partial charge on any atom is 0.271 e. The summed E-state index contributed by atoms with van der Waals surface area (Å²) in [6.07, 6.45) is 1.55. The summed E-state index contributed by atoms with van der Waals surface area (Å²) in [4.78, 5) is 16.4. The van der Waals surface area contributed by atoms with Crippen molar-refractivity contribution in [3.8, 4) is 6.07 Å². The van der Waals surface area contributed by atoms with Gasteiger partial charge >= 0.3 is 0 Å². The van der Waals surface area contributed by atoms with Crippen LogP contribution in [0, 0.1) is 11.3 Å². The Morgan fingerprint density at radius 1 is 1.69 bits per heavy atom. The van der Waals surface area contributed by atoms with Crippen LogP contribution in [0.5, 0.6) is 0 Å². The summed E-state index contributed by atoms with van der Waals surface area (Å²) in [5.41, 5.74) is 0.423. The van der Waals surface area contributed by atoms with E-state index in [9.17, 15) is 4.79 Å². The number of halogens is 1. The van der Waals surface area contributed by atoms with Gasteiger partial charge in [-0.3, -0.25) is 4.79 Å². The Morgan fingerprint density at radius 2 is 2.50 bits per heavy atom. The van der Waals surface area contributed by atoms with E-state index in [2.05, 4.69) is 16.4 Å². The second-order valence-corrected chi connectivity index (χ2v) is 4.02. The number of rotatable bonds is 1. The first-order valence-electron chi connectivity index (χ1n) is 4.97. The highest BCUT2D eigenvalue weighted by Crippen LogP contribution is 2.13. The topological polar surface area (TPSA) is 71.9 Å². The summed E-state index contributed by atoms with van der Waals surface area (Å²) in [6.45, 7) is 1.75. The minimum Gasteiger partial charge on any atom is -0.356 e. The van der Waals surface area contributed by atoms with Crippen LogP contribution in [0.4, 0.5) is 0 Å². The van der Waals surface area contributed by atoms with Crippen molar-refractivity contribution in [1.29, 1.82) is 5.26 Å². The molecule has 0 saturated carbocycles. The van der Waals surface area contributed by atoms with Crippen LogP contribution in [0.15, 0.2) is 12.3 Å². The first kappa shape index (κ1) is 11.0. The standard InChI is InChI=1S/C10H11ClN4O/c11-7-3-9(14-5-7)10(16)15-2-1-13-6-8(15)4-12/h3,5,8,13-14H,1-2,6H2. The van der Waals surface area contributed by atoms with Crippen LogP contribution in [0.25, 0.3) is 0 Å². The molecule has 84 valence electrons. The molecule has 0 spiro atoms. The molecule has 0 aromatic carbocycles. The molecule has 6 heteroatoms. The molecule has 0 aliphatic carbocycles. The molecular formula is C10H11ClN4O. The second-order valence-electron chi connectivity index (χ2n) is 3.58. The van der Waals surface area contributed by atoms with E-state index in [1.54, 1.807) is 17.2 Å². The van der Waals surface area contributed by atoms with Gasteiger partial charge in [-0.2, -0.15) is 5.26 Å². The van der Waals surface area contributed by atoms with Crippen molar-refractivity contribution in [3.63, 3.8) is 0 Å². The molecule has 0 bridgehead atoms. The zero-order valence-corrected chi connectivity index (χ0v) is 9.29. The molecule has 1 saturated heterocycles. The first-order valence-corrected chi connectivity index (χ1v) is 5.35. The third kappa shape index (κ3) is 2.03. The Balaban J connectivity index is 2.17. The molecule has 1 atom stereocenters. The highest BCUT2D eigenvalue weighted by Gasteiger charge is 2.27. The highest BCUT2D eigenvalue weighted by atomic mass is 35.5. The van der Waals surface area contributed by atoms with Gasteiger partial charge in [-0.1, -0.05) is 11.6 Å². The summed E-state index contributed by atoms with van der Waals surface area (Å²) >= 11 is 5.73. The summed E-state index contributed by atoms with van der Waals surface area (Å²) in [5.74, 6) is -0.181. The molecule has 2 rings (SSSR count). The molecule has 2 heterocycles. The molecule has 0 radical (unpaired) electrons. The van der Waals surface area contributed by atoms with E-state index in [0.29, 0.717) is 30.4 Å². The van der Waals surface area contributed by atoms with Gasteiger partial charge in [0.05, 0.1) is 11.1 Å². The number of piperazine rings is 1. The fourth-order valence-electron chi connectivity index (χ4n) is 1.71. The Bertz CT molecular complexity index is 436. The minimum absolute atomic E-state index is 0.181. The maximum absolute atomic E-state index is 12.0. The Morgan fingerprint density at radius 3 is 3.12 bits per heavy atom. The number of H-pyrrole nitrogens is 1. The number of nitriles is 1. The lowest BCUT2D eigenvalue weighted by Gasteiger charge is -2.31. The number of hydrogen-bond donors (Lipinski definition) is 2. The molecule has 1 aliphatic rings.